The van der Waals surface area contributed by atoms with E-state index in [9.17, 15) is 4.79 Å². The van der Waals surface area contributed by atoms with Crippen molar-refractivity contribution in [2.45, 2.75) is 32.6 Å². The summed E-state index contributed by atoms with van der Waals surface area (Å²) in [5.41, 5.74) is 3.40. The lowest BCUT2D eigenvalue weighted by Gasteiger charge is -1.99. The number of ether oxygens (including phenoxy) is 1. The van der Waals surface area contributed by atoms with Crippen molar-refractivity contribution in [2.75, 3.05) is 0 Å². The summed E-state index contributed by atoms with van der Waals surface area (Å²) in [6, 6.07) is 15.6. The van der Waals surface area contributed by atoms with Crippen molar-refractivity contribution in [3.8, 4) is 11.8 Å². The smallest absolute Gasteiger partial charge is 0.344 e. The Kier molecular flexibility index (Phi) is 6.68. The normalized spacial score (nSPS) is 14.5. The van der Waals surface area contributed by atoms with Gasteiger partial charge >= 0.3 is 5.97 Å². The number of hydrogen-bond acceptors (Lipinski definition) is 2. The molecule has 0 N–H and O–H groups in total. The van der Waals surface area contributed by atoms with E-state index in [1.807, 2.05) is 54.6 Å². The maximum absolute atomic E-state index is 12.1. The molecule has 0 atom stereocenters. The average molecular weight is 421 g/mol. The summed E-state index contributed by atoms with van der Waals surface area (Å²) < 4.78 is 6.36. The van der Waals surface area contributed by atoms with Crippen LogP contribution in [0.25, 0.3) is 11.6 Å². The first-order valence-corrected chi connectivity index (χ1v) is 9.95. The Balaban J connectivity index is 1.69. The number of hydrogen-bond donors (Lipinski definition) is 0. The third-order valence-electron chi connectivity index (χ3n) is 4.23. The van der Waals surface area contributed by atoms with Crippen LogP contribution in [-0.2, 0) is 9.53 Å². The molecule has 0 saturated heterocycles. The van der Waals surface area contributed by atoms with Crippen LogP contribution in [0.5, 0.6) is 0 Å². The summed E-state index contributed by atoms with van der Waals surface area (Å²) in [5, 5.41) is 0. The number of rotatable bonds is 5. The summed E-state index contributed by atoms with van der Waals surface area (Å²) >= 11 is 3.40. The van der Waals surface area contributed by atoms with Crippen LogP contribution in [0, 0.1) is 11.8 Å². The molecule has 2 nitrogen and oxygen atoms in total. The minimum Gasteiger partial charge on any atom is -0.423 e. The molecule has 2 aromatic carbocycles. The zero-order valence-corrected chi connectivity index (χ0v) is 16.9. The van der Waals surface area contributed by atoms with Crippen molar-refractivity contribution in [3.63, 3.8) is 0 Å². The molecule has 136 valence electrons. The van der Waals surface area contributed by atoms with E-state index < -0.39 is 0 Å². The number of esters is 1. The summed E-state index contributed by atoms with van der Waals surface area (Å²) in [4.78, 5) is 12.1. The highest BCUT2D eigenvalue weighted by atomic mass is 79.9. The van der Waals surface area contributed by atoms with Gasteiger partial charge < -0.3 is 4.74 Å². The molecule has 1 heterocycles. The third-order valence-corrected chi connectivity index (χ3v) is 4.76. The molecule has 0 bridgehead atoms. The molecular formula is C24H21BrO2. The number of unbranched alkanes of at least 4 members (excludes halogenated alkanes) is 3. The van der Waals surface area contributed by atoms with Gasteiger partial charge in [0.05, 0.1) is 5.57 Å². The van der Waals surface area contributed by atoms with Gasteiger partial charge in [-0.2, -0.15) is 0 Å². The van der Waals surface area contributed by atoms with Gasteiger partial charge in [-0.05, 0) is 54.0 Å². The van der Waals surface area contributed by atoms with Crippen LogP contribution in [0.15, 0.2) is 64.8 Å². The van der Waals surface area contributed by atoms with E-state index in [-0.39, 0.29) is 5.97 Å². The second-order valence-corrected chi connectivity index (χ2v) is 7.30. The minimum absolute atomic E-state index is 0.321. The summed E-state index contributed by atoms with van der Waals surface area (Å²) in [6.45, 7) is 2.19. The molecule has 0 fully saturated rings. The zero-order valence-electron chi connectivity index (χ0n) is 15.3. The van der Waals surface area contributed by atoms with Crippen molar-refractivity contribution in [1.29, 1.82) is 0 Å². The average Bonchev–Trinajstić information content (AvgIpc) is 3.04. The van der Waals surface area contributed by atoms with Gasteiger partial charge in [0.15, 0.2) is 0 Å². The Morgan fingerprint density at radius 2 is 1.78 bits per heavy atom. The van der Waals surface area contributed by atoms with Crippen LogP contribution in [0.2, 0.25) is 0 Å². The van der Waals surface area contributed by atoms with E-state index in [4.69, 9.17) is 4.74 Å². The lowest BCUT2D eigenvalue weighted by molar-refractivity contribution is -0.131. The first-order valence-electron chi connectivity index (χ1n) is 9.16. The Labute approximate surface area is 169 Å². The topological polar surface area (TPSA) is 26.3 Å². The number of cyclic esters (lactones) is 1. The highest BCUT2D eigenvalue weighted by Crippen LogP contribution is 2.28. The number of carbonyl (C=O) groups is 1. The predicted molar refractivity (Wildman–Crippen MR) is 114 cm³/mol. The molecule has 0 spiro atoms. The van der Waals surface area contributed by atoms with Crippen molar-refractivity contribution < 1.29 is 9.53 Å². The lowest BCUT2D eigenvalue weighted by Crippen LogP contribution is -1.97. The van der Waals surface area contributed by atoms with Gasteiger partial charge in [-0.25, -0.2) is 4.79 Å². The Morgan fingerprint density at radius 3 is 2.48 bits per heavy atom. The SMILES string of the molecule is CCCCCC#Cc1ccc(/C=C2/C=C(c3ccc(Br)cc3)C(=O)O2)cc1. The number of halogens is 1. The lowest BCUT2D eigenvalue weighted by atomic mass is 10.1. The van der Waals surface area contributed by atoms with Gasteiger partial charge in [0.25, 0.3) is 0 Å². The molecule has 0 radical (unpaired) electrons. The van der Waals surface area contributed by atoms with Gasteiger partial charge in [0.2, 0.25) is 0 Å². The first-order chi connectivity index (χ1) is 13.2. The van der Waals surface area contributed by atoms with Gasteiger partial charge in [-0.3, -0.25) is 0 Å². The summed E-state index contributed by atoms with van der Waals surface area (Å²) in [7, 11) is 0. The Bertz CT molecular complexity index is 923. The number of allylic oxidation sites excluding steroid dienone is 1. The van der Waals surface area contributed by atoms with Crippen LogP contribution < -0.4 is 0 Å². The molecule has 0 aliphatic carbocycles. The van der Waals surface area contributed by atoms with Gasteiger partial charge in [-0.1, -0.05) is 71.8 Å². The van der Waals surface area contributed by atoms with Crippen molar-refractivity contribution in [3.05, 3.63) is 81.5 Å². The molecule has 0 saturated carbocycles. The zero-order chi connectivity index (χ0) is 19.1. The van der Waals surface area contributed by atoms with E-state index in [1.165, 1.54) is 12.8 Å². The molecule has 1 aliphatic rings. The highest BCUT2D eigenvalue weighted by molar-refractivity contribution is 9.10. The van der Waals surface area contributed by atoms with Crippen LogP contribution in [0.4, 0.5) is 0 Å². The molecule has 27 heavy (non-hydrogen) atoms. The van der Waals surface area contributed by atoms with E-state index in [0.29, 0.717) is 11.3 Å². The van der Waals surface area contributed by atoms with Crippen LogP contribution in [-0.4, -0.2) is 5.97 Å². The standard InChI is InChI=1S/C24H21BrO2/c1-2-3-4-5-6-7-18-8-10-19(11-9-18)16-22-17-23(24(26)27-22)20-12-14-21(25)15-13-20/h8-17H,2-5H2,1H3/b22-16-. The van der Waals surface area contributed by atoms with Crippen molar-refractivity contribution in [1.82, 2.24) is 0 Å². The van der Waals surface area contributed by atoms with E-state index >= 15 is 0 Å². The van der Waals surface area contributed by atoms with E-state index in [1.54, 1.807) is 6.08 Å². The minimum atomic E-state index is -0.321. The van der Waals surface area contributed by atoms with Crippen LogP contribution >= 0.6 is 15.9 Å². The van der Waals surface area contributed by atoms with Gasteiger partial charge in [0, 0.05) is 16.5 Å². The fraction of sp³-hybridized carbons (Fsp3) is 0.208. The Morgan fingerprint density at radius 1 is 1.04 bits per heavy atom. The number of benzene rings is 2. The molecule has 3 rings (SSSR count). The fourth-order valence-corrected chi connectivity index (χ4v) is 3.01. The van der Waals surface area contributed by atoms with Crippen LogP contribution in [0.1, 0.15) is 49.3 Å². The second-order valence-electron chi connectivity index (χ2n) is 6.38. The van der Waals surface area contributed by atoms with E-state index in [2.05, 4.69) is 34.7 Å². The molecule has 2 aromatic rings. The van der Waals surface area contributed by atoms with Crippen molar-refractivity contribution >= 4 is 33.5 Å². The highest BCUT2D eigenvalue weighted by Gasteiger charge is 2.22. The van der Waals surface area contributed by atoms with Gasteiger partial charge in [-0.15, -0.1) is 0 Å². The largest absolute Gasteiger partial charge is 0.423 e. The second kappa shape index (κ2) is 9.39. The van der Waals surface area contributed by atoms with Gasteiger partial charge in [0.1, 0.15) is 5.76 Å². The molecule has 3 heteroatoms. The molecular weight excluding hydrogens is 400 g/mol. The summed E-state index contributed by atoms with van der Waals surface area (Å²) in [6.07, 6.45) is 8.20. The fourth-order valence-electron chi connectivity index (χ4n) is 2.75. The maximum Gasteiger partial charge on any atom is 0.344 e. The molecule has 1 aliphatic heterocycles. The number of carbonyl (C=O) groups excluding carboxylic acids is 1. The Hall–Kier alpha value is -2.57. The molecule has 0 aromatic heterocycles. The predicted octanol–water partition coefficient (Wildman–Crippen LogP) is 6.36. The van der Waals surface area contributed by atoms with Crippen molar-refractivity contribution in [2.24, 2.45) is 0 Å². The maximum atomic E-state index is 12.1. The van der Waals surface area contributed by atoms with E-state index in [0.717, 1.165) is 34.0 Å². The first kappa shape index (κ1) is 19.2. The third kappa shape index (κ3) is 5.45. The molecule has 0 amide bonds. The monoisotopic (exact) mass is 420 g/mol. The quantitative estimate of drug-likeness (QED) is 0.319. The summed E-state index contributed by atoms with van der Waals surface area (Å²) in [5.74, 6) is 6.64. The molecule has 0 unspecified atom stereocenters. The van der Waals surface area contributed by atoms with Crippen LogP contribution in [0.3, 0.4) is 0 Å².